The predicted octanol–water partition coefficient (Wildman–Crippen LogP) is 5.10. The van der Waals surface area contributed by atoms with E-state index in [2.05, 4.69) is 15.2 Å². The molecule has 36 heavy (non-hydrogen) atoms. The average Bonchev–Trinajstić information content (AvgIpc) is 3.35. The van der Waals surface area contributed by atoms with Gasteiger partial charge >= 0.3 is 0 Å². The quantitative estimate of drug-likeness (QED) is 0.408. The van der Waals surface area contributed by atoms with Gasteiger partial charge in [-0.3, -0.25) is 4.98 Å². The van der Waals surface area contributed by atoms with Crippen molar-refractivity contribution in [1.82, 2.24) is 9.88 Å². The minimum atomic E-state index is -0.547. The van der Waals surface area contributed by atoms with E-state index in [9.17, 15) is 0 Å². The summed E-state index contributed by atoms with van der Waals surface area (Å²) >= 11 is 6.11. The van der Waals surface area contributed by atoms with E-state index < -0.39 is 5.79 Å². The number of hydrogen-bond acceptors (Lipinski definition) is 7. The first-order valence-corrected chi connectivity index (χ1v) is 14.1. The molecule has 4 saturated carbocycles. The minimum Gasteiger partial charge on any atom is -0.382 e. The van der Waals surface area contributed by atoms with Gasteiger partial charge in [-0.2, -0.15) is 4.89 Å². The van der Waals surface area contributed by atoms with Crippen molar-refractivity contribution in [3.63, 3.8) is 0 Å². The van der Waals surface area contributed by atoms with Gasteiger partial charge in [-0.1, -0.05) is 11.6 Å². The van der Waals surface area contributed by atoms with E-state index in [-0.39, 0.29) is 12.2 Å². The van der Waals surface area contributed by atoms with Crippen molar-refractivity contribution in [3.8, 4) is 0 Å². The van der Waals surface area contributed by atoms with Crippen LogP contribution in [0.5, 0.6) is 0 Å². The maximum absolute atomic E-state index is 6.32. The molecule has 8 rings (SSSR count). The van der Waals surface area contributed by atoms with E-state index in [4.69, 9.17) is 30.8 Å². The highest BCUT2D eigenvalue weighted by Gasteiger charge is 2.70. The molecule has 1 aromatic heterocycles. The zero-order valence-electron chi connectivity index (χ0n) is 20.8. The number of nitrogens with one attached hydrogen (secondary N) is 1. The Morgan fingerprint density at radius 1 is 1.08 bits per heavy atom. The Balaban J connectivity index is 0.950. The highest BCUT2D eigenvalue weighted by molar-refractivity contribution is 6.31. The lowest BCUT2D eigenvalue weighted by Crippen LogP contribution is -2.71. The number of nitrogens with zero attached hydrogens (tertiary/aromatic N) is 2. The van der Waals surface area contributed by atoms with Gasteiger partial charge in [0.2, 0.25) is 5.79 Å². The largest absolute Gasteiger partial charge is 0.382 e. The number of halogens is 1. The van der Waals surface area contributed by atoms with E-state index in [0.717, 1.165) is 67.6 Å². The van der Waals surface area contributed by atoms with Gasteiger partial charge in [0.15, 0.2) is 6.79 Å². The number of benzene rings is 1. The number of anilines is 1. The van der Waals surface area contributed by atoms with Crippen molar-refractivity contribution < 1.29 is 19.2 Å². The Morgan fingerprint density at radius 2 is 1.92 bits per heavy atom. The summed E-state index contributed by atoms with van der Waals surface area (Å²) in [5, 5.41) is 5.27. The molecule has 6 aliphatic rings. The van der Waals surface area contributed by atoms with Gasteiger partial charge in [-0.15, -0.1) is 0 Å². The van der Waals surface area contributed by atoms with Gasteiger partial charge in [0.25, 0.3) is 0 Å². The summed E-state index contributed by atoms with van der Waals surface area (Å²) in [5.74, 6) is 2.66. The zero-order chi connectivity index (χ0) is 24.2. The van der Waals surface area contributed by atoms with Crippen LogP contribution in [0.4, 0.5) is 5.69 Å². The first kappa shape index (κ1) is 23.6. The predicted molar refractivity (Wildman–Crippen MR) is 137 cm³/mol. The second-order valence-corrected chi connectivity index (χ2v) is 12.1. The summed E-state index contributed by atoms with van der Waals surface area (Å²) in [5.41, 5.74) is 2.02. The summed E-state index contributed by atoms with van der Waals surface area (Å²) in [6.45, 7) is 5.36. The van der Waals surface area contributed by atoms with E-state index in [0.29, 0.717) is 23.5 Å². The number of rotatable bonds is 7. The number of likely N-dealkylation sites (tertiary alicyclic amines) is 1. The number of aromatic nitrogens is 1. The number of ether oxygens (including phenoxy) is 2. The minimum absolute atomic E-state index is 0.0576. The van der Waals surface area contributed by atoms with Gasteiger partial charge in [0.05, 0.1) is 18.7 Å². The molecular formula is C28H36ClN3O4. The lowest BCUT2D eigenvalue weighted by Gasteiger charge is -2.67. The molecular weight excluding hydrogens is 478 g/mol. The normalized spacial score (nSPS) is 37.5. The van der Waals surface area contributed by atoms with Gasteiger partial charge in [0, 0.05) is 60.3 Å². The van der Waals surface area contributed by atoms with Crippen molar-refractivity contribution in [2.24, 2.45) is 29.1 Å². The number of fused-ring (bicyclic) bond motifs is 1. The number of pyridine rings is 1. The fraction of sp³-hybridized carbons (Fsp3) is 0.679. The molecule has 6 fully saturated rings. The Bertz CT molecular complexity index is 1080. The lowest BCUT2D eigenvalue weighted by atomic mass is 9.42. The van der Waals surface area contributed by atoms with Crippen LogP contribution < -0.4 is 5.32 Å². The molecule has 2 aliphatic heterocycles. The van der Waals surface area contributed by atoms with Crippen molar-refractivity contribution in [1.29, 1.82) is 0 Å². The Hall–Kier alpha value is -1.48. The summed E-state index contributed by atoms with van der Waals surface area (Å²) in [4.78, 5) is 18.5. The smallest absolute Gasteiger partial charge is 0.212 e. The van der Waals surface area contributed by atoms with Crippen molar-refractivity contribution in [2.45, 2.75) is 44.3 Å². The van der Waals surface area contributed by atoms with Crippen LogP contribution in [0.1, 0.15) is 38.5 Å². The van der Waals surface area contributed by atoms with Crippen LogP contribution in [-0.2, 0) is 19.2 Å². The maximum atomic E-state index is 6.32. The molecule has 4 aliphatic carbocycles. The van der Waals surface area contributed by atoms with Crippen molar-refractivity contribution in [2.75, 3.05) is 51.5 Å². The molecule has 0 radical (unpaired) electrons. The monoisotopic (exact) mass is 513 g/mol. The second kappa shape index (κ2) is 9.37. The Morgan fingerprint density at radius 3 is 2.69 bits per heavy atom. The average molecular weight is 514 g/mol. The summed E-state index contributed by atoms with van der Waals surface area (Å²) in [6, 6.07) is 7.81. The van der Waals surface area contributed by atoms with Crippen LogP contribution in [0.3, 0.4) is 0 Å². The fourth-order valence-corrected chi connectivity index (χ4v) is 8.79. The summed E-state index contributed by atoms with van der Waals surface area (Å²) in [6.07, 6.45) is 9.51. The third-order valence-electron chi connectivity index (χ3n) is 9.90. The molecule has 2 spiro atoms. The molecule has 2 saturated heterocycles. The van der Waals surface area contributed by atoms with Gasteiger partial charge in [-0.05, 0) is 80.0 Å². The molecule has 1 unspecified atom stereocenters. The number of piperidine rings is 1. The van der Waals surface area contributed by atoms with Gasteiger partial charge < -0.3 is 19.7 Å². The molecule has 4 bridgehead atoms. The summed E-state index contributed by atoms with van der Waals surface area (Å²) < 4.78 is 12.4. The van der Waals surface area contributed by atoms with E-state index in [1.54, 1.807) is 0 Å². The molecule has 8 heteroatoms. The SMILES string of the molecule is Clc1ccc2c(NCCOCCN3CCC4(OCOO4)C4(C3)C3CC5CC(C3)CC4C5)ccnc2c1. The standard InChI is InChI=1S/C28H36ClN3O4/c29-23-1-2-24-25(3-5-30-26(24)16-23)31-6-9-33-10-8-32-7-4-28(34-18-35-36-28)27(17-32)21-12-19-11-20(14-21)15-22(27)13-19/h1-3,5,16,19-22H,4,6-15,17-18H2,(H,30,31). The van der Waals surface area contributed by atoms with E-state index >= 15 is 0 Å². The molecule has 194 valence electrons. The second-order valence-electron chi connectivity index (χ2n) is 11.6. The Labute approximate surface area is 217 Å². The van der Waals surface area contributed by atoms with Crippen LogP contribution in [0.25, 0.3) is 10.9 Å². The van der Waals surface area contributed by atoms with E-state index in [1.165, 1.54) is 32.1 Å². The van der Waals surface area contributed by atoms with Crippen molar-refractivity contribution in [3.05, 3.63) is 35.5 Å². The number of hydrogen-bond donors (Lipinski definition) is 1. The molecule has 0 amide bonds. The zero-order valence-corrected chi connectivity index (χ0v) is 21.5. The molecule has 1 aromatic carbocycles. The molecule has 7 nitrogen and oxygen atoms in total. The lowest BCUT2D eigenvalue weighted by molar-refractivity contribution is -0.398. The van der Waals surface area contributed by atoms with Gasteiger partial charge in [0.1, 0.15) is 0 Å². The highest BCUT2D eigenvalue weighted by atomic mass is 35.5. The summed E-state index contributed by atoms with van der Waals surface area (Å²) in [7, 11) is 0. The van der Waals surface area contributed by atoms with E-state index in [1.807, 2.05) is 30.5 Å². The molecule has 2 aromatic rings. The van der Waals surface area contributed by atoms with Crippen molar-refractivity contribution >= 4 is 28.2 Å². The fourth-order valence-electron chi connectivity index (χ4n) is 8.62. The third kappa shape index (κ3) is 3.86. The topological polar surface area (TPSA) is 65.1 Å². The van der Waals surface area contributed by atoms with Crippen LogP contribution in [0, 0.1) is 29.1 Å². The highest BCUT2D eigenvalue weighted by Crippen LogP contribution is 2.68. The molecule has 1 N–H and O–H groups in total. The van der Waals surface area contributed by atoms with Crippen LogP contribution in [0.15, 0.2) is 30.5 Å². The molecule has 1 atom stereocenters. The molecule has 3 heterocycles. The first-order valence-electron chi connectivity index (χ1n) is 13.7. The van der Waals surface area contributed by atoms with Crippen LogP contribution in [-0.4, -0.2) is 61.9 Å². The van der Waals surface area contributed by atoms with Crippen LogP contribution >= 0.6 is 11.6 Å². The first-order chi connectivity index (χ1) is 17.7. The third-order valence-corrected chi connectivity index (χ3v) is 10.1. The maximum Gasteiger partial charge on any atom is 0.212 e. The van der Waals surface area contributed by atoms with Crippen LogP contribution in [0.2, 0.25) is 5.02 Å². The Kier molecular flexibility index (Phi) is 6.15. The van der Waals surface area contributed by atoms with Gasteiger partial charge in [-0.25, -0.2) is 4.89 Å².